The van der Waals surface area contributed by atoms with Gasteiger partial charge in [0.05, 0.1) is 5.69 Å². The Bertz CT molecular complexity index is 630. The number of rotatable bonds is 7. The molecule has 0 radical (unpaired) electrons. The van der Waals surface area contributed by atoms with Crippen LogP contribution in [0.5, 0.6) is 0 Å². The zero-order valence-electron chi connectivity index (χ0n) is 12.2. The molecule has 2 rings (SSSR count). The van der Waals surface area contributed by atoms with Crippen molar-refractivity contribution in [2.45, 2.75) is 33.4 Å². The lowest BCUT2D eigenvalue weighted by Gasteiger charge is -2.05. The summed E-state index contributed by atoms with van der Waals surface area (Å²) >= 11 is 0. The van der Waals surface area contributed by atoms with E-state index >= 15 is 0 Å². The summed E-state index contributed by atoms with van der Waals surface area (Å²) in [6.45, 7) is 8.68. The molecule has 0 amide bonds. The van der Waals surface area contributed by atoms with Crippen molar-refractivity contribution in [1.29, 1.82) is 0 Å². The molecule has 0 aliphatic rings. The maximum Gasteiger partial charge on any atom is 0.361 e. The number of aryl methyl sites for hydroxylation is 1. The molecule has 0 aromatic carbocycles. The summed E-state index contributed by atoms with van der Waals surface area (Å²) in [5.74, 6) is 0.268. The molecule has 21 heavy (non-hydrogen) atoms. The van der Waals surface area contributed by atoms with Gasteiger partial charge in [0.1, 0.15) is 25.3 Å². The molecule has 0 spiro atoms. The SMILES string of the molecule is C=CCOC(=O)c1nnn(Cc2ncnn2CCC)c1C. The van der Waals surface area contributed by atoms with Crippen LogP contribution in [0.2, 0.25) is 0 Å². The predicted molar refractivity (Wildman–Crippen MR) is 74.7 cm³/mol. The predicted octanol–water partition coefficient (Wildman–Crippen LogP) is 0.979. The average Bonchev–Trinajstić information content (AvgIpc) is 3.05. The van der Waals surface area contributed by atoms with Gasteiger partial charge in [-0.15, -0.1) is 5.10 Å². The molecule has 2 aromatic rings. The van der Waals surface area contributed by atoms with Gasteiger partial charge in [-0.2, -0.15) is 5.10 Å². The van der Waals surface area contributed by atoms with Gasteiger partial charge in [-0.25, -0.2) is 19.1 Å². The second-order valence-electron chi connectivity index (χ2n) is 4.47. The van der Waals surface area contributed by atoms with Gasteiger partial charge in [0, 0.05) is 6.54 Å². The largest absolute Gasteiger partial charge is 0.457 e. The van der Waals surface area contributed by atoms with Crippen molar-refractivity contribution in [1.82, 2.24) is 29.8 Å². The van der Waals surface area contributed by atoms with Gasteiger partial charge >= 0.3 is 5.97 Å². The van der Waals surface area contributed by atoms with Crippen molar-refractivity contribution in [2.24, 2.45) is 0 Å². The van der Waals surface area contributed by atoms with Gasteiger partial charge in [0.25, 0.3) is 0 Å². The van der Waals surface area contributed by atoms with E-state index in [-0.39, 0.29) is 12.3 Å². The standard InChI is InChI=1S/C13H18N6O2/c1-4-6-18-11(14-9-15-18)8-19-10(3)12(16-17-19)13(20)21-7-5-2/h5,9H,2,4,6-8H2,1,3H3. The van der Waals surface area contributed by atoms with Crippen LogP contribution < -0.4 is 0 Å². The lowest BCUT2D eigenvalue weighted by Crippen LogP contribution is -2.13. The van der Waals surface area contributed by atoms with Crippen molar-refractivity contribution in [3.05, 3.63) is 36.2 Å². The topological polar surface area (TPSA) is 87.7 Å². The third-order valence-corrected chi connectivity index (χ3v) is 2.93. The summed E-state index contributed by atoms with van der Waals surface area (Å²) in [7, 11) is 0. The van der Waals surface area contributed by atoms with E-state index in [4.69, 9.17) is 4.74 Å². The van der Waals surface area contributed by atoms with Crippen LogP contribution in [0.3, 0.4) is 0 Å². The molecule has 0 aliphatic heterocycles. The Morgan fingerprint density at radius 2 is 2.29 bits per heavy atom. The monoisotopic (exact) mass is 290 g/mol. The fraction of sp³-hybridized carbons (Fsp3) is 0.462. The Hall–Kier alpha value is -2.51. The van der Waals surface area contributed by atoms with Crippen molar-refractivity contribution >= 4 is 5.97 Å². The van der Waals surface area contributed by atoms with Gasteiger partial charge in [0.2, 0.25) is 0 Å². The maximum absolute atomic E-state index is 11.8. The van der Waals surface area contributed by atoms with Crippen LogP contribution >= 0.6 is 0 Å². The highest BCUT2D eigenvalue weighted by Crippen LogP contribution is 2.08. The van der Waals surface area contributed by atoms with E-state index in [1.807, 2.05) is 4.68 Å². The minimum absolute atomic E-state index is 0.149. The van der Waals surface area contributed by atoms with Gasteiger partial charge < -0.3 is 4.74 Å². The van der Waals surface area contributed by atoms with Gasteiger partial charge in [-0.1, -0.05) is 24.8 Å². The summed E-state index contributed by atoms with van der Waals surface area (Å²) in [5, 5.41) is 12.0. The number of aromatic nitrogens is 6. The molecule has 0 unspecified atom stereocenters. The first-order valence-corrected chi connectivity index (χ1v) is 6.72. The highest BCUT2D eigenvalue weighted by Gasteiger charge is 2.18. The summed E-state index contributed by atoms with van der Waals surface area (Å²) < 4.78 is 8.39. The van der Waals surface area contributed by atoms with Crippen molar-refractivity contribution < 1.29 is 9.53 Å². The average molecular weight is 290 g/mol. The van der Waals surface area contributed by atoms with Crippen LogP contribution in [0.4, 0.5) is 0 Å². The number of ether oxygens (including phenoxy) is 1. The second kappa shape index (κ2) is 6.78. The first kappa shape index (κ1) is 14.9. The van der Waals surface area contributed by atoms with Crippen LogP contribution in [-0.4, -0.2) is 42.3 Å². The number of hydrogen-bond acceptors (Lipinski definition) is 6. The normalized spacial score (nSPS) is 10.6. The Balaban J connectivity index is 2.14. The third-order valence-electron chi connectivity index (χ3n) is 2.93. The molecule has 8 heteroatoms. The lowest BCUT2D eigenvalue weighted by molar-refractivity contribution is 0.0542. The Labute approximate surface area is 122 Å². The van der Waals surface area contributed by atoms with E-state index in [2.05, 4.69) is 33.9 Å². The van der Waals surface area contributed by atoms with E-state index in [1.165, 1.54) is 12.4 Å². The molecule has 0 saturated heterocycles. The maximum atomic E-state index is 11.8. The van der Waals surface area contributed by atoms with E-state index in [9.17, 15) is 4.79 Å². The zero-order chi connectivity index (χ0) is 15.2. The summed E-state index contributed by atoms with van der Waals surface area (Å²) in [6, 6.07) is 0. The number of hydrogen-bond donors (Lipinski definition) is 0. The molecule has 8 nitrogen and oxygen atoms in total. The van der Waals surface area contributed by atoms with Gasteiger partial charge in [0.15, 0.2) is 5.69 Å². The van der Waals surface area contributed by atoms with Crippen LogP contribution in [0, 0.1) is 6.92 Å². The first-order valence-electron chi connectivity index (χ1n) is 6.72. The highest BCUT2D eigenvalue weighted by atomic mass is 16.5. The molecular formula is C13H18N6O2. The minimum atomic E-state index is -0.506. The summed E-state index contributed by atoms with van der Waals surface area (Å²) in [6.07, 6.45) is 3.98. The number of esters is 1. The smallest absolute Gasteiger partial charge is 0.361 e. The van der Waals surface area contributed by atoms with Crippen molar-refractivity contribution in [3.8, 4) is 0 Å². The van der Waals surface area contributed by atoms with E-state index < -0.39 is 5.97 Å². The number of carbonyl (C=O) groups excluding carboxylic acids is 1. The van der Waals surface area contributed by atoms with E-state index in [1.54, 1.807) is 11.6 Å². The molecule has 0 bridgehead atoms. The minimum Gasteiger partial charge on any atom is -0.457 e. The molecular weight excluding hydrogens is 272 g/mol. The quantitative estimate of drug-likeness (QED) is 0.558. The molecule has 2 heterocycles. The Kier molecular flexibility index (Phi) is 4.81. The third kappa shape index (κ3) is 3.33. The molecule has 0 saturated carbocycles. The van der Waals surface area contributed by atoms with Crippen LogP contribution in [0.15, 0.2) is 19.0 Å². The molecule has 0 N–H and O–H groups in total. The van der Waals surface area contributed by atoms with Crippen LogP contribution in [0.25, 0.3) is 0 Å². The molecule has 0 atom stereocenters. The first-order chi connectivity index (χ1) is 10.2. The fourth-order valence-corrected chi connectivity index (χ4v) is 1.85. The van der Waals surface area contributed by atoms with Crippen molar-refractivity contribution in [3.63, 3.8) is 0 Å². The number of carbonyl (C=O) groups is 1. The molecule has 112 valence electrons. The molecule has 0 aliphatic carbocycles. The molecule has 2 aromatic heterocycles. The van der Waals surface area contributed by atoms with Crippen LogP contribution in [-0.2, 0) is 17.8 Å². The summed E-state index contributed by atoms with van der Waals surface area (Å²) in [5.41, 5.74) is 0.841. The Morgan fingerprint density at radius 3 is 3.00 bits per heavy atom. The lowest BCUT2D eigenvalue weighted by atomic mass is 10.3. The van der Waals surface area contributed by atoms with E-state index in [0.717, 1.165) is 18.8 Å². The van der Waals surface area contributed by atoms with E-state index in [0.29, 0.717) is 12.2 Å². The van der Waals surface area contributed by atoms with Gasteiger partial charge in [-0.3, -0.25) is 0 Å². The molecule has 0 fully saturated rings. The van der Waals surface area contributed by atoms with Gasteiger partial charge in [-0.05, 0) is 13.3 Å². The second-order valence-corrected chi connectivity index (χ2v) is 4.47. The summed E-state index contributed by atoms with van der Waals surface area (Å²) in [4.78, 5) is 16.0. The Morgan fingerprint density at radius 1 is 1.48 bits per heavy atom. The highest BCUT2D eigenvalue weighted by molar-refractivity contribution is 5.88. The number of nitrogens with zero attached hydrogens (tertiary/aromatic N) is 6. The van der Waals surface area contributed by atoms with Crippen molar-refractivity contribution in [2.75, 3.05) is 6.61 Å². The van der Waals surface area contributed by atoms with Crippen LogP contribution in [0.1, 0.15) is 35.4 Å². The zero-order valence-corrected chi connectivity index (χ0v) is 12.2. The fourth-order valence-electron chi connectivity index (χ4n) is 1.85.